The Hall–Kier alpha value is -2.81. The fourth-order valence-corrected chi connectivity index (χ4v) is 3.36. The molecule has 0 aromatic heterocycles. The molecular formula is C21H25FN4O4. The minimum atomic E-state index is -3.40. The van der Waals surface area contributed by atoms with Crippen molar-refractivity contribution in [3.63, 3.8) is 0 Å². The summed E-state index contributed by atoms with van der Waals surface area (Å²) in [5.74, 6) is -5.07. The van der Waals surface area contributed by atoms with Crippen LogP contribution in [0.3, 0.4) is 0 Å². The first-order valence-corrected chi connectivity index (χ1v) is 9.26. The number of amides is 4. The first kappa shape index (κ1) is 12.8. The number of imide groups is 2. The Labute approximate surface area is 185 Å². The van der Waals surface area contributed by atoms with E-state index >= 15 is 4.39 Å². The van der Waals surface area contributed by atoms with Crippen molar-refractivity contribution in [2.24, 2.45) is 0 Å². The predicted molar refractivity (Wildman–Crippen MR) is 107 cm³/mol. The van der Waals surface area contributed by atoms with Crippen LogP contribution >= 0.6 is 0 Å². The van der Waals surface area contributed by atoms with Crippen LogP contribution in [0.15, 0.2) is 12.1 Å². The summed E-state index contributed by atoms with van der Waals surface area (Å²) in [5.41, 5.74) is -3.43. The van der Waals surface area contributed by atoms with Crippen LogP contribution in [0.4, 0.5) is 10.1 Å². The number of piperazine rings is 1. The van der Waals surface area contributed by atoms with E-state index in [0.29, 0.717) is 21.9 Å². The molecule has 30 heavy (non-hydrogen) atoms. The van der Waals surface area contributed by atoms with E-state index in [1.54, 1.807) is 0 Å². The molecular weight excluding hydrogens is 391 g/mol. The molecule has 1 N–H and O–H groups in total. The van der Waals surface area contributed by atoms with Gasteiger partial charge in [-0.3, -0.25) is 34.3 Å². The van der Waals surface area contributed by atoms with E-state index in [1.807, 2.05) is 5.32 Å². The van der Waals surface area contributed by atoms with Crippen molar-refractivity contribution in [3.8, 4) is 0 Å². The van der Waals surface area contributed by atoms with Crippen LogP contribution in [0.5, 0.6) is 0 Å². The number of fused-ring (bicyclic) bond motifs is 1. The number of hydrogen-bond donors (Lipinski definition) is 1. The van der Waals surface area contributed by atoms with Crippen LogP contribution in [0.25, 0.3) is 0 Å². The Kier molecular flexibility index (Phi) is 3.05. The van der Waals surface area contributed by atoms with Crippen molar-refractivity contribution in [1.29, 1.82) is 0 Å². The van der Waals surface area contributed by atoms with Crippen LogP contribution in [0.2, 0.25) is 0 Å². The van der Waals surface area contributed by atoms with Crippen LogP contribution < -0.4 is 10.2 Å². The molecule has 8 nitrogen and oxygen atoms in total. The van der Waals surface area contributed by atoms with E-state index in [2.05, 4.69) is 0 Å². The molecule has 3 aliphatic heterocycles. The molecule has 0 saturated carbocycles. The third kappa shape index (κ3) is 3.36. The molecule has 1 aromatic carbocycles. The topological polar surface area (TPSA) is 90.0 Å². The molecule has 0 unspecified atom stereocenters. The fraction of sp³-hybridized carbons (Fsp3) is 0.524. The molecule has 0 radical (unpaired) electrons. The number of carbonyl (C=O) groups is 4. The standard InChI is InChI=1S/C21H25FN4O4/c1-21(2,3)25-8-6-24(7-9-25)16-11-13-12(10-14(16)22)19(29)26(20(13)30)15-4-5-17(27)23-18(15)28/h10-11,15H,4-9H2,1-3H3,(H,23,27,28)/t15-/m0/s1/i6D2,7D2,8D2,9D2. The minimum Gasteiger partial charge on any atom is -0.367 e. The highest BCUT2D eigenvalue weighted by Gasteiger charge is 2.45. The van der Waals surface area contributed by atoms with Crippen LogP contribution in [0.1, 0.15) is 65.3 Å². The third-order valence-electron chi connectivity index (χ3n) is 4.97. The van der Waals surface area contributed by atoms with Gasteiger partial charge in [0.1, 0.15) is 11.9 Å². The molecule has 1 aromatic rings. The summed E-state index contributed by atoms with van der Waals surface area (Å²) in [6.07, 6.45) is -0.336. The lowest BCUT2D eigenvalue weighted by Gasteiger charge is -2.43. The monoisotopic (exact) mass is 424 g/mol. The summed E-state index contributed by atoms with van der Waals surface area (Å²) < 4.78 is 83.7. The highest BCUT2D eigenvalue weighted by Crippen LogP contribution is 2.33. The molecule has 0 bridgehead atoms. The van der Waals surface area contributed by atoms with Crippen LogP contribution in [0, 0.1) is 5.82 Å². The van der Waals surface area contributed by atoms with Gasteiger partial charge in [-0.1, -0.05) is 0 Å². The second kappa shape index (κ2) is 7.16. The van der Waals surface area contributed by atoms with E-state index in [4.69, 9.17) is 11.0 Å². The zero-order valence-corrected chi connectivity index (χ0v) is 16.5. The lowest BCUT2D eigenvalue weighted by atomic mass is 10.0. The minimum absolute atomic E-state index is 0.0236. The number of halogens is 1. The summed E-state index contributed by atoms with van der Waals surface area (Å²) in [5, 5.41) is 2.01. The normalized spacial score (nSPS) is 33.8. The number of carbonyl (C=O) groups excluding carboxylic acids is 4. The first-order valence-electron chi connectivity index (χ1n) is 13.3. The van der Waals surface area contributed by atoms with Crippen molar-refractivity contribution in [2.75, 3.05) is 30.9 Å². The third-order valence-corrected chi connectivity index (χ3v) is 4.97. The van der Waals surface area contributed by atoms with E-state index < -0.39 is 83.8 Å². The largest absolute Gasteiger partial charge is 0.367 e. The molecule has 3 aliphatic rings. The van der Waals surface area contributed by atoms with Crippen molar-refractivity contribution >= 4 is 29.3 Å². The second-order valence-corrected chi connectivity index (χ2v) is 8.09. The molecule has 2 fully saturated rings. The van der Waals surface area contributed by atoms with Gasteiger partial charge in [-0.15, -0.1) is 0 Å². The van der Waals surface area contributed by atoms with E-state index in [0.717, 1.165) is 0 Å². The van der Waals surface area contributed by atoms with Crippen LogP contribution in [-0.2, 0) is 9.59 Å². The molecule has 9 heteroatoms. The Morgan fingerprint density at radius 1 is 1.03 bits per heavy atom. The summed E-state index contributed by atoms with van der Waals surface area (Å²) in [4.78, 5) is 50.9. The van der Waals surface area contributed by atoms with Crippen molar-refractivity contribution in [2.45, 2.75) is 45.2 Å². The molecule has 3 heterocycles. The lowest BCUT2D eigenvalue weighted by Crippen LogP contribution is -2.54. The van der Waals surface area contributed by atoms with Gasteiger partial charge < -0.3 is 4.90 Å². The summed E-state index contributed by atoms with van der Waals surface area (Å²) in [6.45, 7) is -9.16. The van der Waals surface area contributed by atoms with Gasteiger partial charge in [0.2, 0.25) is 11.8 Å². The van der Waals surface area contributed by atoms with Crippen molar-refractivity contribution < 1.29 is 34.5 Å². The molecule has 4 rings (SSSR count). The summed E-state index contributed by atoms with van der Waals surface area (Å²) >= 11 is 0. The van der Waals surface area contributed by atoms with Crippen molar-refractivity contribution in [1.82, 2.24) is 15.1 Å². The fourth-order valence-electron chi connectivity index (χ4n) is 3.36. The average Bonchev–Trinajstić information content (AvgIpc) is 2.95. The number of nitrogens with one attached hydrogen (secondary N) is 1. The quantitative estimate of drug-likeness (QED) is 0.717. The molecule has 1 atom stereocenters. The van der Waals surface area contributed by atoms with Gasteiger partial charge in [-0.25, -0.2) is 4.39 Å². The van der Waals surface area contributed by atoms with Gasteiger partial charge in [0.05, 0.1) is 22.3 Å². The SMILES string of the molecule is [2H]C1([2H])N(c2cc3c(cc2F)C(=O)N([C@H]2CCC(=O)NC2=O)C3=O)C([2H])([2H])C([2H])([2H])N(C(C)(C)C)C1([2H])[2H]. The van der Waals surface area contributed by atoms with Crippen molar-refractivity contribution in [3.05, 3.63) is 29.1 Å². The number of nitrogens with zero attached hydrogens (tertiary/aromatic N) is 3. The van der Waals surface area contributed by atoms with E-state index in [9.17, 15) is 19.2 Å². The van der Waals surface area contributed by atoms with Crippen LogP contribution in [-0.4, -0.2) is 71.0 Å². The molecule has 0 spiro atoms. The predicted octanol–water partition coefficient (Wildman–Crippen LogP) is 1.15. The molecule has 2 saturated heterocycles. The Morgan fingerprint density at radius 3 is 2.20 bits per heavy atom. The van der Waals surface area contributed by atoms with Gasteiger partial charge in [0, 0.05) is 43.4 Å². The Bertz CT molecular complexity index is 1250. The maximum absolute atomic E-state index is 15.5. The number of anilines is 1. The lowest BCUT2D eigenvalue weighted by molar-refractivity contribution is -0.136. The second-order valence-electron chi connectivity index (χ2n) is 8.09. The Balaban J connectivity index is 1.87. The average molecular weight is 425 g/mol. The number of rotatable bonds is 2. The zero-order chi connectivity index (χ0) is 29.0. The molecule has 0 aliphatic carbocycles. The highest BCUT2D eigenvalue weighted by atomic mass is 19.1. The first-order chi connectivity index (χ1) is 17.1. The summed E-state index contributed by atoms with van der Waals surface area (Å²) in [7, 11) is 0. The van der Waals surface area contributed by atoms with Gasteiger partial charge in [0.25, 0.3) is 11.8 Å². The molecule has 4 amide bonds. The number of benzene rings is 1. The number of hydrogen-bond acceptors (Lipinski definition) is 6. The highest BCUT2D eigenvalue weighted by molar-refractivity contribution is 6.23. The van der Waals surface area contributed by atoms with Gasteiger partial charge in [-0.05, 0) is 39.3 Å². The zero-order valence-electron chi connectivity index (χ0n) is 24.5. The smallest absolute Gasteiger partial charge is 0.262 e. The number of piperidine rings is 1. The maximum Gasteiger partial charge on any atom is 0.262 e. The van der Waals surface area contributed by atoms with Gasteiger partial charge >= 0.3 is 0 Å². The maximum atomic E-state index is 15.5. The van der Waals surface area contributed by atoms with Gasteiger partial charge in [0.15, 0.2) is 0 Å². The van der Waals surface area contributed by atoms with Gasteiger partial charge in [-0.2, -0.15) is 0 Å². The molecule has 160 valence electrons. The van der Waals surface area contributed by atoms with E-state index in [-0.39, 0.29) is 17.7 Å². The van der Waals surface area contributed by atoms with E-state index in [1.165, 1.54) is 20.8 Å². The summed E-state index contributed by atoms with van der Waals surface area (Å²) in [6, 6.07) is -0.168. The Morgan fingerprint density at radius 2 is 1.63 bits per heavy atom.